The van der Waals surface area contributed by atoms with Gasteiger partial charge in [-0.1, -0.05) is 34.8 Å². The van der Waals surface area contributed by atoms with Crippen molar-refractivity contribution < 1.29 is 18.7 Å². The molecule has 0 heterocycles. The lowest BCUT2D eigenvalue weighted by Crippen LogP contribution is -2.13. The molecule has 0 unspecified atom stereocenters. The third-order valence-electron chi connectivity index (χ3n) is 2.98. The molecule has 8 heteroatoms. The van der Waals surface area contributed by atoms with Crippen molar-refractivity contribution in [3.8, 4) is 11.5 Å². The van der Waals surface area contributed by atoms with E-state index in [1.807, 2.05) is 0 Å². The Hall–Kier alpha value is -1.69. The molecule has 122 valence electrons. The van der Waals surface area contributed by atoms with E-state index in [0.29, 0.717) is 11.5 Å². The second-order valence-corrected chi connectivity index (χ2v) is 5.61. The summed E-state index contributed by atoms with van der Waals surface area (Å²) >= 11 is 17.6. The summed E-state index contributed by atoms with van der Waals surface area (Å²) in [6.07, 6.45) is 0. The van der Waals surface area contributed by atoms with Crippen LogP contribution in [0.15, 0.2) is 24.3 Å². The Morgan fingerprint density at radius 1 is 0.957 bits per heavy atom. The quantitative estimate of drug-likeness (QED) is 0.757. The zero-order valence-electron chi connectivity index (χ0n) is 12.0. The van der Waals surface area contributed by atoms with E-state index in [9.17, 15) is 9.18 Å². The number of hydrogen-bond donors (Lipinski definition) is 1. The summed E-state index contributed by atoms with van der Waals surface area (Å²) in [6.45, 7) is 0. The van der Waals surface area contributed by atoms with Gasteiger partial charge in [0.2, 0.25) is 0 Å². The summed E-state index contributed by atoms with van der Waals surface area (Å²) in [5, 5.41) is 2.61. The van der Waals surface area contributed by atoms with Gasteiger partial charge < -0.3 is 14.8 Å². The molecular weight excluding hydrogens is 368 g/mol. The van der Waals surface area contributed by atoms with E-state index in [2.05, 4.69) is 5.32 Å². The van der Waals surface area contributed by atoms with E-state index >= 15 is 0 Å². The van der Waals surface area contributed by atoms with E-state index < -0.39 is 11.7 Å². The Balaban J connectivity index is 2.36. The summed E-state index contributed by atoms with van der Waals surface area (Å²) in [5.41, 5.74) is 0.195. The standard InChI is InChI=1S/C15H11Cl3FNO3/c1-22-13-5-10(18)12(6-14(13)23-2)20-15(21)7-3-11(19)9(17)4-8(7)16/h3-6H,1-2H3,(H,20,21). The van der Waals surface area contributed by atoms with Crippen molar-refractivity contribution in [2.24, 2.45) is 0 Å². The Morgan fingerprint density at radius 3 is 2.17 bits per heavy atom. The number of benzene rings is 2. The van der Waals surface area contributed by atoms with E-state index in [-0.39, 0.29) is 26.3 Å². The molecule has 0 radical (unpaired) electrons. The van der Waals surface area contributed by atoms with Crippen molar-refractivity contribution in [1.82, 2.24) is 0 Å². The van der Waals surface area contributed by atoms with Crippen LogP contribution in [0.25, 0.3) is 0 Å². The fourth-order valence-electron chi connectivity index (χ4n) is 1.84. The molecule has 0 bridgehead atoms. The maximum Gasteiger partial charge on any atom is 0.257 e. The molecule has 1 N–H and O–H groups in total. The highest BCUT2D eigenvalue weighted by Crippen LogP contribution is 2.36. The fourth-order valence-corrected chi connectivity index (χ4v) is 2.51. The Kier molecular flexibility index (Phi) is 5.57. The number of halogens is 4. The van der Waals surface area contributed by atoms with Crippen molar-refractivity contribution in [1.29, 1.82) is 0 Å². The largest absolute Gasteiger partial charge is 0.493 e. The second-order valence-electron chi connectivity index (χ2n) is 4.39. The SMILES string of the molecule is COc1cc(Cl)c(NC(=O)c2cc(F)c(Cl)cc2Cl)cc1OC. The minimum absolute atomic E-state index is 0.0190. The van der Waals surface area contributed by atoms with Gasteiger partial charge >= 0.3 is 0 Å². The molecule has 2 aromatic carbocycles. The predicted octanol–water partition coefficient (Wildman–Crippen LogP) is 5.06. The topological polar surface area (TPSA) is 47.6 Å². The molecule has 4 nitrogen and oxygen atoms in total. The highest BCUT2D eigenvalue weighted by molar-refractivity contribution is 6.38. The van der Waals surface area contributed by atoms with Crippen molar-refractivity contribution >= 4 is 46.4 Å². The molecule has 0 aromatic heterocycles. The molecular formula is C15H11Cl3FNO3. The maximum absolute atomic E-state index is 13.5. The van der Waals surface area contributed by atoms with Crippen molar-refractivity contribution in [2.45, 2.75) is 0 Å². The van der Waals surface area contributed by atoms with Gasteiger partial charge in [-0.3, -0.25) is 4.79 Å². The number of methoxy groups -OCH3 is 2. The first kappa shape index (κ1) is 17.7. The number of rotatable bonds is 4. The lowest BCUT2D eigenvalue weighted by atomic mass is 10.2. The Morgan fingerprint density at radius 2 is 1.57 bits per heavy atom. The maximum atomic E-state index is 13.5. The fraction of sp³-hybridized carbons (Fsp3) is 0.133. The van der Waals surface area contributed by atoms with E-state index in [1.165, 1.54) is 26.4 Å². The molecule has 23 heavy (non-hydrogen) atoms. The minimum Gasteiger partial charge on any atom is -0.493 e. The van der Waals surface area contributed by atoms with Crippen LogP contribution in [-0.4, -0.2) is 20.1 Å². The summed E-state index contributed by atoms with van der Waals surface area (Å²) < 4.78 is 23.8. The zero-order chi connectivity index (χ0) is 17.1. The van der Waals surface area contributed by atoms with E-state index in [0.717, 1.165) is 12.1 Å². The van der Waals surface area contributed by atoms with Crippen LogP contribution in [0.2, 0.25) is 15.1 Å². The number of carbonyl (C=O) groups excluding carboxylic acids is 1. The summed E-state index contributed by atoms with van der Waals surface area (Å²) in [6, 6.07) is 5.08. The smallest absolute Gasteiger partial charge is 0.257 e. The molecule has 1 amide bonds. The summed E-state index contributed by atoms with van der Waals surface area (Å²) in [7, 11) is 2.91. The second kappa shape index (κ2) is 7.25. The number of hydrogen-bond acceptors (Lipinski definition) is 3. The average Bonchev–Trinajstić information content (AvgIpc) is 2.52. The first-order valence-electron chi connectivity index (χ1n) is 6.24. The van der Waals surface area contributed by atoms with Gasteiger partial charge in [-0.2, -0.15) is 0 Å². The van der Waals surface area contributed by atoms with Crippen LogP contribution < -0.4 is 14.8 Å². The number of ether oxygens (including phenoxy) is 2. The molecule has 2 aromatic rings. The number of amides is 1. The van der Waals surface area contributed by atoms with Crippen LogP contribution in [-0.2, 0) is 0 Å². The molecule has 2 rings (SSSR count). The van der Waals surface area contributed by atoms with Crippen LogP contribution >= 0.6 is 34.8 Å². The van der Waals surface area contributed by atoms with Gasteiger partial charge in [-0.25, -0.2) is 4.39 Å². The third-order valence-corrected chi connectivity index (χ3v) is 3.89. The monoisotopic (exact) mass is 377 g/mol. The minimum atomic E-state index is -0.750. The van der Waals surface area contributed by atoms with Gasteiger partial charge in [0.05, 0.1) is 40.5 Å². The molecule has 0 saturated heterocycles. The van der Waals surface area contributed by atoms with E-state index in [1.54, 1.807) is 0 Å². The molecule has 0 aliphatic rings. The molecule has 0 spiro atoms. The lowest BCUT2D eigenvalue weighted by molar-refractivity contribution is 0.102. The highest BCUT2D eigenvalue weighted by Gasteiger charge is 2.17. The molecule has 0 atom stereocenters. The van der Waals surface area contributed by atoms with Crippen LogP contribution in [0, 0.1) is 5.82 Å². The Labute approximate surface area is 147 Å². The average molecular weight is 379 g/mol. The summed E-state index contributed by atoms with van der Waals surface area (Å²) in [4.78, 5) is 12.3. The predicted molar refractivity (Wildman–Crippen MR) is 88.9 cm³/mol. The number of nitrogens with one attached hydrogen (secondary N) is 1. The first-order chi connectivity index (χ1) is 10.9. The van der Waals surface area contributed by atoms with Crippen molar-refractivity contribution in [3.05, 3.63) is 50.7 Å². The number of anilines is 1. The van der Waals surface area contributed by atoms with E-state index in [4.69, 9.17) is 44.3 Å². The zero-order valence-corrected chi connectivity index (χ0v) is 14.3. The molecule has 0 aliphatic heterocycles. The van der Waals surface area contributed by atoms with Gasteiger partial charge in [-0.05, 0) is 12.1 Å². The molecule has 0 saturated carbocycles. The van der Waals surface area contributed by atoms with Crippen LogP contribution in [0.4, 0.5) is 10.1 Å². The van der Waals surface area contributed by atoms with Gasteiger partial charge in [0.15, 0.2) is 11.5 Å². The Bertz CT molecular complexity index is 768. The van der Waals surface area contributed by atoms with Crippen molar-refractivity contribution in [3.63, 3.8) is 0 Å². The van der Waals surface area contributed by atoms with Gasteiger partial charge in [0.1, 0.15) is 5.82 Å². The highest BCUT2D eigenvalue weighted by atomic mass is 35.5. The normalized spacial score (nSPS) is 10.3. The van der Waals surface area contributed by atoms with Crippen molar-refractivity contribution in [2.75, 3.05) is 19.5 Å². The molecule has 0 fully saturated rings. The molecule has 0 aliphatic carbocycles. The summed E-state index contributed by atoms with van der Waals surface area (Å²) in [5.74, 6) is -0.606. The lowest BCUT2D eigenvalue weighted by Gasteiger charge is -2.13. The van der Waals surface area contributed by atoms with Crippen LogP contribution in [0.3, 0.4) is 0 Å². The van der Waals surface area contributed by atoms with Gasteiger partial charge in [0, 0.05) is 12.1 Å². The number of carbonyl (C=O) groups is 1. The van der Waals surface area contributed by atoms with Crippen LogP contribution in [0.5, 0.6) is 11.5 Å². The van der Waals surface area contributed by atoms with Gasteiger partial charge in [-0.15, -0.1) is 0 Å². The van der Waals surface area contributed by atoms with Gasteiger partial charge in [0.25, 0.3) is 5.91 Å². The third kappa shape index (κ3) is 3.80. The first-order valence-corrected chi connectivity index (χ1v) is 7.38. The van der Waals surface area contributed by atoms with Crippen LogP contribution in [0.1, 0.15) is 10.4 Å².